The molecule has 2 aromatic rings. The number of esters is 1. The standard InChI is InChI=1S/C18H16O2/c1-3-14-4-6-15(7-5-14)8-9-16-10-12-17(13-11-16)18(19)20-2/h4-7,10-13H,3H2,1-2H3. The van der Waals surface area contributed by atoms with Crippen LogP contribution in [0.3, 0.4) is 0 Å². The van der Waals surface area contributed by atoms with Crippen LogP contribution in [0.1, 0.15) is 34.0 Å². The molecule has 0 fully saturated rings. The molecular weight excluding hydrogens is 248 g/mol. The molecule has 2 rings (SSSR count). The van der Waals surface area contributed by atoms with E-state index in [-0.39, 0.29) is 5.97 Å². The lowest BCUT2D eigenvalue weighted by molar-refractivity contribution is 0.0601. The molecule has 0 aliphatic heterocycles. The van der Waals surface area contributed by atoms with Crippen LogP contribution in [0.2, 0.25) is 0 Å². The maximum atomic E-state index is 11.3. The highest BCUT2D eigenvalue weighted by molar-refractivity contribution is 5.89. The van der Waals surface area contributed by atoms with Gasteiger partial charge in [0.05, 0.1) is 12.7 Å². The van der Waals surface area contributed by atoms with Gasteiger partial charge in [-0.1, -0.05) is 30.9 Å². The van der Waals surface area contributed by atoms with Crippen molar-refractivity contribution in [3.63, 3.8) is 0 Å². The zero-order valence-corrected chi connectivity index (χ0v) is 11.6. The van der Waals surface area contributed by atoms with E-state index < -0.39 is 0 Å². The first kappa shape index (κ1) is 13.9. The van der Waals surface area contributed by atoms with Gasteiger partial charge in [0, 0.05) is 11.1 Å². The molecule has 0 atom stereocenters. The maximum absolute atomic E-state index is 11.3. The third kappa shape index (κ3) is 3.49. The van der Waals surface area contributed by atoms with Gasteiger partial charge < -0.3 is 4.74 Å². The summed E-state index contributed by atoms with van der Waals surface area (Å²) in [6.07, 6.45) is 1.03. The molecule has 0 aliphatic carbocycles. The molecule has 0 N–H and O–H groups in total. The van der Waals surface area contributed by atoms with Gasteiger partial charge in [0.1, 0.15) is 0 Å². The highest BCUT2D eigenvalue weighted by atomic mass is 16.5. The average molecular weight is 264 g/mol. The van der Waals surface area contributed by atoms with Gasteiger partial charge in [-0.3, -0.25) is 0 Å². The van der Waals surface area contributed by atoms with Crippen LogP contribution in [0.5, 0.6) is 0 Å². The maximum Gasteiger partial charge on any atom is 0.337 e. The zero-order valence-electron chi connectivity index (χ0n) is 11.6. The lowest BCUT2D eigenvalue weighted by Crippen LogP contribution is -2.00. The summed E-state index contributed by atoms with van der Waals surface area (Å²) in [5, 5.41) is 0. The van der Waals surface area contributed by atoms with Gasteiger partial charge in [-0.2, -0.15) is 0 Å². The second kappa shape index (κ2) is 6.58. The fourth-order valence-corrected chi connectivity index (χ4v) is 1.78. The second-order valence-electron chi connectivity index (χ2n) is 4.37. The van der Waals surface area contributed by atoms with Crippen LogP contribution in [0, 0.1) is 11.8 Å². The van der Waals surface area contributed by atoms with Gasteiger partial charge in [0.15, 0.2) is 0 Å². The number of benzene rings is 2. The first-order valence-electron chi connectivity index (χ1n) is 6.52. The minimum Gasteiger partial charge on any atom is -0.465 e. The van der Waals surface area contributed by atoms with Gasteiger partial charge in [0.25, 0.3) is 0 Å². The predicted molar refractivity (Wildman–Crippen MR) is 79.6 cm³/mol. The summed E-state index contributed by atoms with van der Waals surface area (Å²) in [5.74, 6) is 5.86. The van der Waals surface area contributed by atoms with Crippen molar-refractivity contribution in [3.8, 4) is 11.8 Å². The molecule has 2 aromatic carbocycles. The highest BCUT2D eigenvalue weighted by Crippen LogP contribution is 2.06. The highest BCUT2D eigenvalue weighted by Gasteiger charge is 2.02. The molecule has 0 unspecified atom stereocenters. The molecule has 0 bridgehead atoms. The molecule has 100 valence electrons. The Kier molecular flexibility index (Phi) is 4.57. The number of carbonyl (C=O) groups excluding carboxylic acids is 1. The van der Waals surface area contributed by atoms with Crippen molar-refractivity contribution in [2.24, 2.45) is 0 Å². The van der Waals surface area contributed by atoms with E-state index in [0.29, 0.717) is 5.56 Å². The number of hydrogen-bond acceptors (Lipinski definition) is 2. The van der Waals surface area contributed by atoms with Crippen LogP contribution < -0.4 is 0 Å². The van der Waals surface area contributed by atoms with Crippen molar-refractivity contribution in [2.75, 3.05) is 7.11 Å². The number of rotatable bonds is 2. The van der Waals surface area contributed by atoms with E-state index in [9.17, 15) is 4.79 Å². The van der Waals surface area contributed by atoms with Crippen molar-refractivity contribution in [1.29, 1.82) is 0 Å². The number of ether oxygens (including phenoxy) is 1. The topological polar surface area (TPSA) is 26.3 Å². The molecule has 0 saturated heterocycles. The quantitative estimate of drug-likeness (QED) is 0.613. The third-order valence-corrected chi connectivity index (χ3v) is 3.02. The summed E-state index contributed by atoms with van der Waals surface area (Å²) in [4.78, 5) is 11.3. The van der Waals surface area contributed by atoms with Crippen molar-refractivity contribution in [1.82, 2.24) is 0 Å². The smallest absolute Gasteiger partial charge is 0.337 e. The lowest BCUT2D eigenvalue weighted by Gasteiger charge is -1.98. The van der Waals surface area contributed by atoms with Crippen LogP contribution in [0.4, 0.5) is 0 Å². The monoisotopic (exact) mass is 264 g/mol. The van der Waals surface area contributed by atoms with E-state index in [0.717, 1.165) is 17.5 Å². The summed E-state index contributed by atoms with van der Waals surface area (Å²) in [5.41, 5.74) is 3.69. The van der Waals surface area contributed by atoms with Crippen LogP contribution in [0.15, 0.2) is 48.5 Å². The molecule has 0 amide bonds. The summed E-state index contributed by atoms with van der Waals surface area (Å²) in [7, 11) is 1.37. The van der Waals surface area contributed by atoms with Gasteiger partial charge in [0.2, 0.25) is 0 Å². The SMILES string of the molecule is CCc1ccc(C#Cc2ccc(C(=O)OC)cc2)cc1. The van der Waals surface area contributed by atoms with Gasteiger partial charge in [-0.05, 0) is 48.4 Å². The van der Waals surface area contributed by atoms with E-state index in [1.807, 2.05) is 24.3 Å². The Balaban J connectivity index is 2.13. The largest absolute Gasteiger partial charge is 0.465 e. The Morgan fingerprint density at radius 2 is 1.45 bits per heavy atom. The number of carbonyl (C=O) groups is 1. The van der Waals surface area contributed by atoms with Gasteiger partial charge >= 0.3 is 5.97 Å². The average Bonchev–Trinajstić information content (AvgIpc) is 2.53. The second-order valence-corrected chi connectivity index (χ2v) is 4.37. The molecule has 0 aliphatic rings. The Morgan fingerprint density at radius 3 is 1.90 bits per heavy atom. The van der Waals surface area contributed by atoms with E-state index in [1.54, 1.807) is 12.1 Å². The fraction of sp³-hybridized carbons (Fsp3) is 0.167. The summed E-state index contributed by atoms with van der Waals surface area (Å²) >= 11 is 0. The molecule has 2 nitrogen and oxygen atoms in total. The van der Waals surface area contributed by atoms with Crippen LogP contribution >= 0.6 is 0 Å². The number of aryl methyl sites for hydroxylation is 1. The molecule has 0 saturated carbocycles. The first-order chi connectivity index (χ1) is 9.72. The third-order valence-electron chi connectivity index (χ3n) is 3.02. The van der Waals surface area contributed by atoms with Crippen LogP contribution in [-0.4, -0.2) is 13.1 Å². The summed E-state index contributed by atoms with van der Waals surface area (Å²) < 4.78 is 4.65. The van der Waals surface area contributed by atoms with Crippen molar-refractivity contribution < 1.29 is 9.53 Å². The Labute approximate surface area is 119 Å². The first-order valence-corrected chi connectivity index (χ1v) is 6.52. The summed E-state index contributed by atoms with van der Waals surface area (Å²) in [6.45, 7) is 2.13. The van der Waals surface area contributed by atoms with Crippen molar-refractivity contribution in [2.45, 2.75) is 13.3 Å². The fourth-order valence-electron chi connectivity index (χ4n) is 1.78. The van der Waals surface area contributed by atoms with Crippen molar-refractivity contribution >= 4 is 5.97 Å². The van der Waals surface area contributed by atoms with Crippen LogP contribution in [0.25, 0.3) is 0 Å². The predicted octanol–water partition coefficient (Wildman–Crippen LogP) is 3.44. The van der Waals surface area contributed by atoms with E-state index in [1.165, 1.54) is 12.7 Å². The van der Waals surface area contributed by atoms with Crippen molar-refractivity contribution in [3.05, 3.63) is 70.8 Å². The molecule has 2 heteroatoms. The molecule has 0 heterocycles. The Hall–Kier alpha value is -2.53. The molecule has 0 radical (unpaired) electrons. The number of methoxy groups -OCH3 is 1. The number of hydrogen-bond donors (Lipinski definition) is 0. The molecule has 0 aromatic heterocycles. The summed E-state index contributed by atoms with van der Waals surface area (Å²) in [6, 6.07) is 15.3. The minimum atomic E-state index is -0.334. The van der Waals surface area contributed by atoms with Gasteiger partial charge in [-0.15, -0.1) is 0 Å². The lowest BCUT2D eigenvalue weighted by atomic mass is 10.1. The zero-order chi connectivity index (χ0) is 14.4. The van der Waals surface area contributed by atoms with E-state index in [4.69, 9.17) is 0 Å². The normalized spacial score (nSPS) is 9.50. The molecule has 0 spiro atoms. The molecule has 20 heavy (non-hydrogen) atoms. The van der Waals surface area contributed by atoms with E-state index >= 15 is 0 Å². The van der Waals surface area contributed by atoms with Crippen LogP contribution in [-0.2, 0) is 11.2 Å². The Morgan fingerprint density at radius 1 is 0.950 bits per heavy atom. The van der Waals surface area contributed by atoms with E-state index in [2.05, 4.69) is 35.6 Å². The van der Waals surface area contributed by atoms with Gasteiger partial charge in [-0.25, -0.2) is 4.79 Å². The molecular formula is C18H16O2. The Bertz CT molecular complexity index is 641. The minimum absolute atomic E-state index is 0.334.